The number of benzene rings is 4. The Balaban J connectivity index is 1.52. The maximum atomic E-state index is 13.2. The van der Waals surface area contributed by atoms with Crippen LogP contribution in [0.1, 0.15) is 22.8 Å². The Morgan fingerprint density at radius 2 is 1.44 bits per heavy atom. The van der Waals surface area contributed by atoms with E-state index in [1.807, 2.05) is 91.9 Å². The van der Waals surface area contributed by atoms with Gasteiger partial charge < -0.3 is 0 Å². The second-order valence-corrected chi connectivity index (χ2v) is 7.60. The van der Waals surface area contributed by atoms with Crippen molar-refractivity contribution in [2.24, 2.45) is 5.10 Å². The van der Waals surface area contributed by atoms with E-state index >= 15 is 0 Å². The summed E-state index contributed by atoms with van der Waals surface area (Å²) in [5.74, 6) is -0.264. The molecule has 0 unspecified atom stereocenters. The zero-order valence-electron chi connectivity index (χ0n) is 17.6. The molecule has 32 heavy (non-hydrogen) atoms. The molecule has 0 aliphatic rings. The summed E-state index contributed by atoms with van der Waals surface area (Å²) in [6.07, 6.45) is 0. The van der Waals surface area contributed by atoms with Crippen LogP contribution < -0.4 is 5.43 Å². The van der Waals surface area contributed by atoms with Crippen LogP contribution in [0, 0.1) is 0 Å². The SMILES string of the molecule is CC(=NNC(=O)c1cc(-c2ccccc2)nc2ccccc12)c1cccc2ccccc12. The van der Waals surface area contributed by atoms with Gasteiger partial charge in [0.05, 0.1) is 22.5 Å². The van der Waals surface area contributed by atoms with Crippen molar-refractivity contribution in [3.63, 3.8) is 0 Å². The molecule has 0 aliphatic heterocycles. The van der Waals surface area contributed by atoms with E-state index in [-0.39, 0.29) is 5.91 Å². The molecule has 0 saturated carbocycles. The quantitative estimate of drug-likeness (QED) is 0.280. The molecule has 4 heteroatoms. The number of nitrogens with one attached hydrogen (secondary N) is 1. The first-order chi connectivity index (χ1) is 15.7. The van der Waals surface area contributed by atoms with E-state index in [2.05, 4.69) is 28.7 Å². The second-order valence-electron chi connectivity index (χ2n) is 7.60. The number of hydrazone groups is 1. The van der Waals surface area contributed by atoms with Crippen molar-refractivity contribution in [3.05, 3.63) is 114 Å². The molecule has 4 nitrogen and oxygen atoms in total. The number of rotatable bonds is 4. The average molecular weight is 415 g/mol. The molecule has 154 valence electrons. The number of aromatic nitrogens is 1. The first-order valence-electron chi connectivity index (χ1n) is 10.5. The molecule has 1 aromatic heterocycles. The average Bonchev–Trinajstić information content (AvgIpc) is 2.86. The predicted octanol–water partition coefficient (Wildman–Crippen LogP) is 6.21. The molecule has 1 N–H and O–H groups in total. The molecule has 0 bridgehead atoms. The zero-order valence-corrected chi connectivity index (χ0v) is 17.6. The van der Waals surface area contributed by atoms with Crippen LogP contribution in [0.3, 0.4) is 0 Å². The van der Waals surface area contributed by atoms with Crippen molar-refractivity contribution in [2.45, 2.75) is 6.92 Å². The van der Waals surface area contributed by atoms with Gasteiger partial charge in [-0.25, -0.2) is 10.4 Å². The van der Waals surface area contributed by atoms with Gasteiger partial charge in [0, 0.05) is 16.5 Å². The third-order valence-electron chi connectivity index (χ3n) is 5.53. The van der Waals surface area contributed by atoms with Crippen molar-refractivity contribution in [3.8, 4) is 11.3 Å². The Hall–Kier alpha value is -4.31. The summed E-state index contributed by atoms with van der Waals surface area (Å²) in [4.78, 5) is 17.9. The van der Waals surface area contributed by atoms with Gasteiger partial charge in [-0.2, -0.15) is 5.10 Å². The molecule has 0 spiro atoms. The van der Waals surface area contributed by atoms with Crippen LogP contribution in [0.5, 0.6) is 0 Å². The molecule has 5 aromatic rings. The molecule has 0 atom stereocenters. The summed E-state index contributed by atoms with van der Waals surface area (Å²) < 4.78 is 0. The number of hydrogen-bond donors (Lipinski definition) is 1. The molecule has 0 radical (unpaired) electrons. The third kappa shape index (κ3) is 3.74. The zero-order chi connectivity index (χ0) is 21.9. The smallest absolute Gasteiger partial charge is 0.267 e. The van der Waals surface area contributed by atoms with Gasteiger partial charge in [0.2, 0.25) is 0 Å². The Kier molecular flexibility index (Phi) is 5.18. The fraction of sp³-hybridized carbons (Fsp3) is 0.0357. The lowest BCUT2D eigenvalue weighted by atomic mass is 10.0. The molecule has 0 saturated heterocycles. The van der Waals surface area contributed by atoms with Crippen molar-refractivity contribution < 1.29 is 4.79 Å². The highest BCUT2D eigenvalue weighted by atomic mass is 16.2. The lowest BCUT2D eigenvalue weighted by Gasteiger charge is -2.10. The highest BCUT2D eigenvalue weighted by Crippen LogP contribution is 2.25. The minimum atomic E-state index is -0.264. The predicted molar refractivity (Wildman–Crippen MR) is 131 cm³/mol. The van der Waals surface area contributed by atoms with E-state index < -0.39 is 0 Å². The fourth-order valence-electron chi connectivity index (χ4n) is 3.92. The Labute approximate surface area is 186 Å². The topological polar surface area (TPSA) is 54.4 Å². The van der Waals surface area contributed by atoms with Gasteiger partial charge in [0.25, 0.3) is 5.91 Å². The second kappa shape index (κ2) is 8.44. The summed E-state index contributed by atoms with van der Waals surface area (Å²) >= 11 is 0. The number of carbonyl (C=O) groups is 1. The normalized spacial score (nSPS) is 11.6. The summed E-state index contributed by atoms with van der Waals surface area (Å²) in [7, 11) is 0. The molecule has 0 aliphatic carbocycles. The van der Waals surface area contributed by atoms with Crippen molar-refractivity contribution in [2.75, 3.05) is 0 Å². The van der Waals surface area contributed by atoms with Crippen LogP contribution in [-0.4, -0.2) is 16.6 Å². The fourth-order valence-corrected chi connectivity index (χ4v) is 3.92. The highest BCUT2D eigenvalue weighted by Gasteiger charge is 2.14. The molecule has 1 amide bonds. The van der Waals surface area contributed by atoms with Gasteiger partial charge in [0.1, 0.15) is 0 Å². The number of carbonyl (C=O) groups excluding carboxylic acids is 1. The van der Waals surface area contributed by atoms with E-state index in [4.69, 9.17) is 4.98 Å². The highest BCUT2D eigenvalue weighted by molar-refractivity contribution is 6.11. The van der Waals surface area contributed by atoms with Gasteiger partial charge >= 0.3 is 0 Å². The van der Waals surface area contributed by atoms with E-state index in [1.54, 1.807) is 0 Å². The van der Waals surface area contributed by atoms with Gasteiger partial charge in [0.15, 0.2) is 0 Å². The maximum Gasteiger partial charge on any atom is 0.272 e. The largest absolute Gasteiger partial charge is 0.272 e. The number of nitrogens with zero attached hydrogens (tertiary/aromatic N) is 2. The maximum absolute atomic E-state index is 13.2. The number of fused-ring (bicyclic) bond motifs is 2. The molecule has 0 fully saturated rings. The standard InChI is InChI=1S/C28H21N3O/c1-19(22-16-9-13-20-10-5-6-14-23(20)22)30-31-28(32)25-18-27(21-11-3-2-4-12-21)29-26-17-8-7-15-24(25)26/h2-18H,1H3,(H,31,32). The Morgan fingerprint density at radius 3 is 2.28 bits per heavy atom. The van der Waals surface area contributed by atoms with Crippen LogP contribution in [0.15, 0.2) is 108 Å². The van der Waals surface area contributed by atoms with Crippen molar-refractivity contribution >= 4 is 33.3 Å². The van der Waals surface area contributed by atoms with E-state index in [0.717, 1.165) is 44.2 Å². The Bertz CT molecular complexity index is 1470. The number of pyridine rings is 1. The van der Waals surface area contributed by atoms with Gasteiger partial charge in [-0.1, -0.05) is 91.0 Å². The molecular formula is C28H21N3O. The van der Waals surface area contributed by atoms with Gasteiger partial charge in [-0.15, -0.1) is 0 Å². The van der Waals surface area contributed by atoms with Crippen molar-refractivity contribution in [1.29, 1.82) is 0 Å². The van der Waals surface area contributed by atoms with E-state index in [0.29, 0.717) is 5.56 Å². The third-order valence-corrected chi connectivity index (χ3v) is 5.53. The van der Waals surface area contributed by atoms with Crippen LogP contribution in [-0.2, 0) is 0 Å². The van der Waals surface area contributed by atoms with Crippen LogP contribution in [0.4, 0.5) is 0 Å². The summed E-state index contributed by atoms with van der Waals surface area (Å²) in [6.45, 7) is 1.90. The van der Waals surface area contributed by atoms with Gasteiger partial charge in [-0.05, 0) is 29.8 Å². The monoisotopic (exact) mass is 415 g/mol. The molecule has 4 aromatic carbocycles. The number of amides is 1. The summed E-state index contributed by atoms with van der Waals surface area (Å²) in [6, 6.07) is 33.6. The Morgan fingerprint density at radius 1 is 0.750 bits per heavy atom. The van der Waals surface area contributed by atoms with Crippen LogP contribution in [0.2, 0.25) is 0 Å². The number of para-hydroxylation sites is 1. The minimum Gasteiger partial charge on any atom is -0.267 e. The lowest BCUT2D eigenvalue weighted by molar-refractivity contribution is 0.0956. The molecular weight excluding hydrogens is 394 g/mol. The van der Waals surface area contributed by atoms with Crippen LogP contribution >= 0.6 is 0 Å². The number of hydrogen-bond acceptors (Lipinski definition) is 3. The summed E-state index contributed by atoms with van der Waals surface area (Å²) in [5.41, 5.74) is 7.53. The first kappa shape index (κ1) is 19.6. The van der Waals surface area contributed by atoms with Crippen molar-refractivity contribution in [1.82, 2.24) is 10.4 Å². The summed E-state index contributed by atoms with van der Waals surface area (Å²) in [5, 5.41) is 7.46. The lowest BCUT2D eigenvalue weighted by Crippen LogP contribution is -2.20. The van der Waals surface area contributed by atoms with Crippen LogP contribution in [0.25, 0.3) is 32.9 Å². The van der Waals surface area contributed by atoms with Gasteiger partial charge in [-0.3, -0.25) is 4.79 Å². The minimum absolute atomic E-state index is 0.264. The molecule has 1 heterocycles. The molecule has 5 rings (SSSR count). The first-order valence-corrected chi connectivity index (χ1v) is 10.5. The van der Waals surface area contributed by atoms with E-state index in [9.17, 15) is 4.79 Å². The van der Waals surface area contributed by atoms with E-state index in [1.165, 1.54) is 0 Å².